The highest BCUT2D eigenvalue weighted by Crippen LogP contribution is 2.20. The van der Waals surface area contributed by atoms with E-state index in [2.05, 4.69) is 10.3 Å². The van der Waals surface area contributed by atoms with E-state index in [0.29, 0.717) is 44.0 Å². The summed E-state index contributed by atoms with van der Waals surface area (Å²) in [5, 5.41) is 13.3. The van der Waals surface area contributed by atoms with Crippen molar-refractivity contribution in [3.8, 4) is 0 Å². The van der Waals surface area contributed by atoms with Crippen molar-refractivity contribution in [1.29, 1.82) is 0 Å². The van der Waals surface area contributed by atoms with Crippen LogP contribution in [0, 0.1) is 0 Å². The number of nitrogens with zero attached hydrogens (tertiary/aromatic N) is 1. The van der Waals surface area contributed by atoms with Crippen molar-refractivity contribution in [3.05, 3.63) is 23.9 Å². The second-order valence-electron chi connectivity index (χ2n) is 4.49. The number of carbonyl (C=O) groups excluding carboxylic acids is 1. The molecular formula is C12H17N3O3. The topological polar surface area (TPSA) is 97.5 Å². The molecule has 1 amide bonds. The summed E-state index contributed by atoms with van der Waals surface area (Å²) in [4.78, 5) is 14.9. The molecule has 1 aliphatic heterocycles. The van der Waals surface area contributed by atoms with Crippen LogP contribution in [0.25, 0.3) is 0 Å². The first kappa shape index (κ1) is 12.8. The summed E-state index contributed by atoms with van der Waals surface area (Å²) in [7, 11) is 0. The largest absolute Gasteiger partial charge is 0.388 e. The van der Waals surface area contributed by atoms with Crippen LogP contribution in [0.15, 0.2) is 18.3 Å². The lowest BCUT2D eigenvalue weighted by molar-refractivity contribution is -0.0543. The molecule has 1 fully saturated rings. The molecular weight excluding hydrogens is 234 g/mol. The molecule has 6 heteroatoms. The quantitative estimate of drug-likeness (QED) is 0.707. The van der Waals surface area contributed by atoms with E-state index in [1.807, 2.05) is 0 Å². The van der Waals surface area contributed by atoms with Crippen LogP contribution in [0.5, 0.6) is 0 Å². The molecule has 0 radical (unpaired) electrons. The predicted octanol–water partition coefficient (Wildman–Crippen LogP) is 0.134. The van der Waals surface area contributed by atoms with Gasteiger partial charge in [0.25, 0.3) is 0 Å². The molecule has 0 atom stereocenters. The monoisotopic (exact) mass is 251 g/mol. The molecule has 0 spiro atoms. The number of aromatic nitrogens is 1. The Bertz CT molecular complexity index is 413. The standard InChI is InChI=1S/C12H17N3O3/c13-11(16)9-1-2-10(14-7-9)15-8-12(17)3-5-18-6-4-12/h1-2,7,17H,3-6,8H2,(H2,13,16)(H,14,15). The fraction of sp³-hybridized carbons (Fsp3) is 0.500. The molecule has 0 unspecified atom stereocenters. The molecule has 2 rings (SSSR count). The second kappa shape index (κ2) is 5.32. The maximum Gasteiger partial charge on any atom is 0.250 e. The summed E-state index contributed by atoms with van der Waals surface area (Å²) in [6.45, 7) is 1.57. The molecule has 1 aromatic heterocycles. The highest BCUT2D eigenvalue weighted by molar-refractivity contribution is 5.92. The van der Waals surface area contributed by atoms with Crippen LogP contribution in [0.4, 0.5) is 5.82 Å². The van der Waals surface area contributed by atoms with Gasteiger partial charge in [-0.1, -0.05) is 0 Å². The summed E-state index contributed by atoms with van der Waals surface area (Å²) in [5.41, 5.74) is 4.74. The molecule has 6 nitrogen and oxygen atoms in total. The van der Waals surface area contributed by atoms with Crippen molar-refractivity contribution >= 4 is 11.7 Å². The number of nitrogens with two attached hydrogens (primary N) is 1. The molecule has 1 saturated heterocycles. The second-order valence-corrected chi connectivity index (χ2v) is 4.49. The average molecular weight is 251 g/mol. The van der Waals surface area contributed by atoms with Gasteiger partial charge < -0.3 is 20.9 Å². The number of anilines is 1. The van der Waals surface area contributed by atoms with Crippen LogP contribution in [-0.4, -0.2) is 41.4 Å². The van der Waals surface area contributed by atoms with Gasteiger partial charge in [-0.3, -0.25) is 4.79 Å². The van der Waals surface area contributed by atoms with E-state index < -0.39 is 11.5 Å². The molecule has 1 aliphatic rings. The zero-order valence-corrected chi connectivity index (χ0v) is 10.1. The third-order valence-corrected chi connectivity index (χ3v) is 3.07. The molecule has 0 bridgehead atoms. The molecule has 4 N–H and O–H groups in total. The number of hydrogen-bond acceptors (Lipinski definition) is 5. The van der Waals surface area contributed by atoms with Crippen molar-refractivity contribution in [2.75, 3.05) is 25.1 Å². The van der Waals surface area contributed by atoms with Gasteiger partial charge in [-0.15, -0.1) is 0 Å². The number of nitrogens with one attached hydrogen (secondary N) is 1. The van der Waals surface area contributed by atoms with E-state index in [9.17, 15) is 9.90 Å². The fourth-order valence-corrected chi connectivity index (χ4v) is 1.83. The van der Waals surface area contributed by atoms with Crippen molar-refractivity contribution in [2.24, 2.45) is 5.73 Å². The van der Waals surface area contributed by atoms with E-state index in [1.165, 1.54) is 6.20 Å². The molecule has 1 aromatic rings. The Morgan fingerprint density at radius 2 is 2.22 bits per heavy atom. The van der Waals surface area contributed by atoms with Crippen LogP contribution >= 0.6 is 0 Å². The lowest BCUT2D eigenvalue weighted by atomic mass is 9.94. The number of primary amides is 1. The average Bonchev–Trinajstić information content (AvgIpc) is 2.38. The minimum Gasteiger partial charge on any atom is -0.388 e. The van der Waals surface area contributed by atoms with Gasteiger partial charge in [0.2, 0.25) is 5.91 Å². The third kappa shape index (κ3) is 3.18. The highest BCUT2D eigenvalue weighted by atomic mass is 16.5. The summed E-state index contributed by atoms with van der Waals surface area (Å²) < 4.78 is 5.20. The maximum atomic E-state index is 10.9. The van der Waals surface area contributed by atoms with Crippen LogP contribution < -0.4 is 11.1 Å². The maximum absolute atomic E-state index is 10.9. The Morgan fingerprint density at radius 3 is 2.78 bits per heavy atom. The van der Waals surface area contributed by atoms with Crippen LogP contribution in [-0.2, 0) is 4.74 Å². The lowest BCUT2D eigenvalue weighted by Crippen LogP contribution is -2.42. The molecule has 18 heavy (non-hydrogen) atoms. The zero-order valence-electron chi connectivity index (χ0n) is 10.1. The smallest absolute Gasteiger partial charge is 0.250 e. The van der Waals surface area contributed by atoms with Crippen LogP contribution in [0.2, 0.25) is 0 Å². The van der Waals surface area contributed by atoms with Crippen LogP contribution in [0.1, 0.15) is 23.2 Å². The zero-order chi connectivity index (χ0) is 13.0. The molecule has 2 heterocycles. The number of amides is 1. The Labute approximate surface area is 105 Å². The van der Waals surface area contributed by atoms with E-state index >= 15 is 0 Å². The molecule has 0 aromatic carbocycles. The first-order valence-corrected chi connectivity index (χ1v) is 5.89. The SMILES string of the molecule is NC(=O)c1ccc(NCC2(O)CCOCC2)nc1. The van der Waals surface area contributed by atoms with Crippen molar-refractivity contribution in [3.63, 3.8) is 0 Å². The van der Waals surface area contributed by atoms with Gasteiger partial charge in [-0.2, -0.15) is 0 Å². The van der Waals surface area contributed by atoms with Crippen molar-refractivity contribution < 1.29 is 14.6 Å². The number of ether oxygens (including phenoxy) is 1. The van der Waals surface area contributed by atoms with Crippen LogP contribution in [0.3, 0.4) is 0 Å². The first-order chi connectivity index (χ1) is 8.59. The molecule has 0 aliphatic carbocycles. The minimum absolute atomic E-state index is 0.366. The van der Waals surface area contributed by atoms with Gasteiger partial charge in [-0.25, -0.2) is 4.98 Å². The normalized spacial score (nSPS) is 18.3. The Morgan fingerprint density at radius 1 is 1.50 bits per heavy atom. The molecule has 98 valence electrons. The number of aliphatic hydroxyl groups is 1. The third-order valence-electron chi connectivity index (χ3n) is 3.07. The van der Waals surface area contributed by atoms with E-state index in [-0.39, 0.29) is 0 Å². The van der Waals surface area contributed by atoms with E-state index in [1.54, 1.807) is 12.1 Å². The number of carbonyl (C=O) groups is 1. The Balaban J connectivity index is 1.91. The molecule has 0 saturated carbocycles. The van der Waals surface area contributed by atoms with Gasteiger partial charge in [0, 0.05) is 38.8 Å². The van der Waals surface area contributed by atoms with Gasteiger partial charge in [0.15, 0.2) is 0 Å². The minimum atomic E-state index is -0.748. The predicted molar refractivity (Wildman–Crippen MR) is 66.2 cm³/mol. The number of pyridine rings is 1. The number of hydrogen-bond donors (Lipinski definition) is 3. The Kier molecular flexibility index (Phi) is 3.78. The van der Waals surface area contributed by atoms with Gasteiger partial charge >= 0.3 is 0 Å². The lowest BCUT2D eigenvalue weighted by Gasteiger charge is -2.32. The summed E-state index contributed by atoms with van der Waals surface area (Å²) in [6.07, 6.45) is 2.64. The number of rotatable bonds is 4. The van der Waals surface area contributed by atoms with Gasteiger partial charge in [0.05, 0.1) is 11.2 Å². The van der Waals surface area contributed by atoms with Crippen molar-refractivity contribution in [2.45, 2.75) is 18.4 Å². The summed E-state index contributed by atoms with van der Waals surface area (Å²) in [5.74, 6) is 0.108. The van der Waals surface area contributed by atoms with Gasteiger partial charge in [0.1, 0.15) is 5.82 Å². The van der Waals surface area contributed by atoms with Crippen molar-refractivity contribution in [1.82, 2.24) is 4.98 Å². The van der Waals surface area contributed by atoms with E-state index in [4.69, 9.17) is 10.5 Å². The summed E-state index contributed by atoms with van der Waals surface area (Å²) in [6, 6.07) is 3.27. The Hall–Kier alpha value is -1.66. The van der Waals surface area contributed by atoms with E-state index in [0.717, 1.165) is 0 Å². The fourth-order valence-electron chi connectivity index (χ4n) is 1.83. The summed E-state index contributed by atoms with van der Waals surface area (Å²) >= 11 is 0. The highest BCUT2D eigenvalue weighted by Gasteiger charge is 2.29. The van der Waals surface area contributed by atoms with Gasteiger partial charge in [-0.05, 0) is 12.1 Å². The first-order valence-electron chi connectivity index (χ1n) is 5.89.